The molecule has 0 unspecified atom stereocenters. The topological polar surface area (TPSA) is 132 Å². The molecule has 2 fully saturated rings. The summed E-state index contributed by atoms with van der Waals surface area (Å²) in [6.45, 7) is 4.25. The third-order valence-electron chi connectivity index (χ3n) is 7.95. The molecule has 3 aliphatic rings. The van der Waals surface area contributed by atoms with Crippen LogP contribution in [0.1, 0.15) is 25.3 Å². The highest BCUT2D eigenvalue weighted by molar-refractivity contribution is 7.88. The van der Waals surface area contributed by atoms with Crippen LogP contribution in [0.3, 0.4) is 0 Å². The maximum Gasteiger partial charge on any atom is 0.316 e. The van der Waals surface area contributed by atoms with Gasteiger partial charge in [0.15, 0.2) is 0 Å². The van der Waals surface area contributed by atoms with Gasteiger partial charge in [-0.1, -0.05) is 6.92 Å². The first-order valence-corrected chi connectivity index (χ1v) is 15.4. The predicted octanol–water partition coefficient (Wildman–Crippen LogP) is 2.73. The minimum atomic E-state index is -3.74. The number of anilines is 3. The minimum absolute atomic E-state index is 0.00821. The van der Waals surface area contributed by atoms with Gasteiger partial charge in [0.2, 0.25) is 15.8 Å². The van der Waals surface area contributed by atoms with Gasteiger partial charge < -0.3 is 25.4 Å². The number of ether oxygens (including phenoxy) is 2. The fourth-order valence-electron chi connectivity index (χ4n) is 5.17. The van der Waals surface area contributed by atoms with Gasteiger partial charge in [0.05, 0.1) is 29.9 Å². The molecule has 0 atom stereocenters. The number of hydrogen-bond donors (Lipinski definition) is 2. The largest absolute Gasteiger partial charge is 0.490 e. The van der Waals surface area contributed by atoms with Crippen molar-refractivity contribution < 1.29 is 26.7 Å². The van der Waals surface area contributed by atoms with Crippen LogP contribution in [0.2, 0.25) is 0 Å². The number of hydrogen-bond acceptors (Lipinski definition) is 9. The van der Waals surface area contributed by atoms with E-state index in [0.29, 0.717) is 54.2 Å². The summed E-state index contributed by atoms with van der Waals surface area (Å²) >= 11 is 0. The van der Waals surface area contributed by atoms with Gasteiger partial charge in [-0.3, -0.25) is 4.79 Å². The molecule has 6 rings (SSSR count). The summed E-state index contributed by atoms with van der Waals surface area (Å²) in [5.41, 5.74) is 7.23. The number of benzene rings is 2. The smallest absolute Gasteiger partial charge is 0.316 e. The third-order valence-corrected chi connectivity index (χ3v) is 9.75. The molecule has 224 valence electrons. The fraction of sp³-hybridized carbons (Fsp3) is 0.429. The predicted molar refractivity (Wildman–Crippen MR) is 154 cm³/mol. The van der Waals surface area contributed by atoms with Crippen molar-refractivity contribution in [3.8, 4) is 17.2 Å². The third kappa shape index (κ3) is 5.60. The van der Waals surface area contributed by atoms with Crippen molar-refractivity contribution in [1.29, 1.82) is 0 Å². The van der Waals surface area contributed by atoms with E-state index in [1.165, 1.54) is 10.5 Å². The Labute approximate surface area is 241 Å². The molecule has 0 radical (unpaired) electrons. The summed E-state index contributed by atoms with van der Waals surface area (Å²) < 4.78 is 68.7. The molecule has 1 aromatic heterocycles. The average molecular weight is 603 g/mol. The SMILES string of the molecule is CC1(COc2c(N3CCN(S(=O)(=O)Cc4c(N)ccc5c4NCCO5)CC3)cnn(-c3cc(F)cc(F)c3)c2=O)CC1. The Morgan fingerprint density at radius 2 is 1.83 bits per heavy atom. The monoisotopic (exact) mass is 602 g/mol. The van der Waals surface area contributed by atoms with Crippen molar-refractivity contribution in [3.63, 3.8) is 0 Å². The summed E-state index contributed by atoms with van der Waals surface area (Å²) in [7, 11) is -3.74. The van der Waals surface area contributed by atoms with E-state index in [2.05, 4.69) is 17.3 Å². The maximum absolute atomic E-state index is 13.9. The zero-order valence-electron chi connectivity index (χ0n) is 23.1. The van der Waals surface area contributed by atoms with Crippen LogP contribution in [0.4, 0.5) is 25.8 Å². The molecule has 3 aromatic rings. The molecule has 1 saturated carbocycles. The molecule has 3 N–H and O–H groups in total. The van der Waals surface area contributed by atoms with E-state index in [4.69, 9.17) is 15.2 Å². The first-order valence-electron chi connectivity index (χ1n) is 13.8. The van der Waals surface area contributed by atoms with E-state index in [0.717, 1.165) is 29.7 Å². The van der Waals surface area contributed by atoms with Crippen LogP contribution in [0.5, 0.6) is 11.5 Å². The van der Waals surface area contributed by atoms with Crippen LogP contribution in [-0.4, -0.2) is 68.4 Å². The normalized spacial score (nSPS) is 18.1. The molecule has 42 heavy (non-hydrogen) atoms. The lowest BCUT2D eigenvalue weighted by molar-refractivity contribution is 0.242. The standard InChI is InChI=1S/C28H32F2N6O5S/c1-28(4-5-28)17-41-26-23(15-33-36(27(26)37)20-13-18(29)12-19(30)14-20)34-7-9-35(10-8-34)42(38,39)16-21-22(31)2-3-24-25(21)32-6-11-40-24/h2-3,12-15,32H,4-11,16-17,31H2,1H3. The van der Waals surface area contributed by atoms with Gasteiger partial charge in [0.1, 0.15) is 29.7 Å². The van der Waals surface area contributed by atoms with Crippen molar-refractivity contribution in [3.05, 3.63) is 64.1 Å². The first kappa shape index (κ1) is 28.2. The van der Waals surface area contributed by atoms with Crippen molar-refractivity contribution in [2.45, 2.75) is 25.5 Å². The maximum atomic E-state index is 13.9. The number of nitrogens with one attached hydrogen (secondary N) is 1. The quantitative estimate of drug-likeness (QED) is 0.374. The van der Waals surface area contributed by atoms with Crippen LogP contribution in [0, 0.1) is 17.0 Å². The highest BCUT2D eigenvalue weighted by Crippen LogP contribution is 2.45. The van der Waals surface area contributed by atoms with E-state index in [9.17, 15) is 22.0 Å². The highest BCUT2D eigenvalue weighted by Gasteiger charge is 2.39. The second-order valence-electron chi connectivity index (χ2n) is 11.2. The van der Waals surface area contributed by atoms with Crippen LogP contribution in [-0.2, 0) is 15.8 Å². The number of nitrogen functional groups attached to an aromatic ring is 1. The molecule has 14 heteroatoms. The lowest BCUT2D eigenvalue weighted by atomic mass is 10.1. The van der Waals surface area contributed by atoms with E-state index in [1.807, 2.05) is 4.90 Å². The number of nitrogens with two attached hydrogens (primary N) is 1. The lowest BCUT2D eigenvalue weighted by Crippen LogP contribution is -2.49. The summed E-state index contributed by atoms with van der Waals surface area (Å²) in [5.74, 6) is -1.38. The van der Waals surface area contributed by atoms with E-state index in [-0.39, 0.29) is 48.8 Å². The summed E-state index contributed by atoms with van der Waals surface area (Å²) in [5, 5.41) is 7.38. The Morgan fingerprint density at radius 3 is 2.52 bits per heavy atom. The second kappa shape index (κ2) is 10.7. The van der Waals surface area contributed by atoms with E-state index < -0.39 is 27.2 Å². The highest BCUT2D eigenvalue weighted by atomic mass is 32.2. The summed E-state index contributed by atoms with van der Waals surface area (Å²) in [4.78, 5) is 15.4. The van der Waals surface area contributed by atoms with Crippen LogP contribution in [0.15, 0.2) is 41.3 Å². The number of halogens is 2. The Hall–Kier alpha value is -3.91. The number of fused-ring (bicyclic) bond motifs is 1. The molecular formula is C28H32F2N6O5S. The van der Waals surface area contributed by atoms with E-state index >= 15 is 0 Å². The molecule has 3 heterocycles. The number of rotatable bonds is 8. The van der Waals surface area contributed by atoms with Crippen LogP contribution < -0.4 is 31.0 Å². The number of sulfonamides is 1. The number of nitrogens with zero attached hydrogens (tertiary/aromatic N) is 4. The molecular weight excluding hydrogens is 570 g/mol. The molecule has 0 spiro atoms. The Balaban J connectivity index is 1.23. The molecule has 0 amide bonds. The molecule has 0 bridgehead atoms. The van der Waals surface area contributed by atoms with Gasteiger partial charge in [-0.05, 0) is 37.1 Å². The summed E-state index contributed by atoms with van der Waals surface area (Å²) in [6.07, 6.45) is 3.34. The van der Waals surface area contributed by atoms with Gasteiger partial charge in [-0.2, -0.15) is 14.1 Å². The van der Waals surface area contributed by atoms with Gasteiger partial charge in [-0.15, -0.1) is 0 Å². The van der Waals surface area contributed by atoms with Crippen molar-refractivity contribution in [2.24, 2.45) is 5.41 Å². The molecule has 2 aliphatic heterocycles. The zero-order valence-corrected chi connectivity index (χ0v) is 23.9. The van der Waals surface area contributed by atoms with Gasteiger partial charge in [0, 0.05) is 55.5 Å². The number of aromatic nitrogens is 2. The average Bonchev–Trinajstić information content (AvgIpc) is 3.70. The van der Waals surface area contributed by atoms with Gasteiger partial charge in [-0.25, -0.2) is 17.2 Å². The zero-order chi connectivity index (χ0) is 29.6. The van der Waals surface area contributed by atoms with Crippen molar-refractivity contribution in [2.75, 3.05) is 61.9 Å². The number of piperazine rings is 1. The fourth-order valence-corrected chi connectivity index (χ4v) is 6.75. The van der Waals surface area contributed by atoms with Crippen molar-refractivity contribution >= 4 is 27.1 Å². The molecule has 2 aromatic carbocycles. The minimum Gasteiger partial charge on any atom is -0.490 e. The second-order valence-corrected chi connectivity index (χ2v) is 13.2. The van der Waals surface area contributed by atoms with Gasteiger partial charge in [0.25, 0.3) is 0 Å². The molecule has 11 nitrogen and oxygen atoms in total. The Bertz CT molecular complexity index is 1670. The Morgan fingerprint density at radius 1 is 1.12 bits per heavy atom. The summed E-state index contributed by atoms with van der Waals surface area (Å²) in [6, 6.07) is 6.12. The van der Waals surface area contributed by atoms with Crippen LogP contribution in [0.25, 0.3) is 5.69 Å². The first-order chi connectivity index (χ1) is 20.0. The van der Waals surface area contributed by atoms with Gasteiger partial charge >= 0.3 is 5.56 Å². The lowest BCUT2D eigenvalue weighted by Gasteiger charge is -2.36. The van der Waals surface area contributed by atoms with Crippen LogP contribution >= 0.6 is 0 Å². The molecule has 1 saturated heterocycles. The Kier molecular flexibility index (Phi) is 7.21. The molecule has 1 aliphatic carbocycles. The van der Waals surface area contributed by atoms with E-state index in [1.54, 1.807) is 12.1 Å². The van der Waals surface area contributed by atoms with Crippen molar-refractivity contribution in [1.82, 2.24) is 14.1 Å².